The third-order valence-corrected chi connectivity index (χ3v) is 1.53. The van der Waals surface area contributed by atoms with Gasteiger partial charge in [-0.25, -0.2) is 4.98 Å². The summed E-state index contributed by atoms with van der Waals surface area (Å²) >= 11 is 0. The number of hydrogen-bond acceptors (Lipinski definition) is 5. The van der Waals surface area contributed by atoms with Gasteiger partial charge in [-0.15, -0.1) is 0 Å². The highest BCUT2D eigenvalue weighted by Gasteiger charge is 2.04. The summed E-state index contributed by atoms with van der Waals surface area (Å²) in [5.41, 5.74) is 5.40. The van der Waals surface area contributed by atoms with E-state index in [2.05, 4.69) is 9.97 Å². The van der Waals surface area contributed by atoms with Crippen LogP contribution in [0.4, 0.5) is 5.95 Å². The van der Waals surface area contributed by atoms with Crippen LogP contribution in [-0.4, -0.2) is 29.3 Å². The second-order valence-corrected chi connectivity index (χ2v) is 2.84. The number of hydrogen-bond donors (Lipinski definition) is 1. The van der Waals surface area contributed by atoms with Gasteiger partial charge >= 0.3 is 0 Å². The molecule has 0 saturated heterocycles. The lowest BCUT2D eigenvalue weighted by Crippen LogP contribution is -2.19. The highest BCUT2D eigenvalue weighted by molar-refractivity contribution is 5.20. The molecule has 5 nitrogen and oxygen atoms in total. The summed E-state index contributed by atoms with van der Waals surface area (Å²) in [6.45, 7) is 5.07. The molecule has 1 atom stereocenters. The molecule has 0 spiro atoms. The van der Waals surface area contributed by atoms with Gasteiger partial charge < -0.3 is 15.2 Å². The first-order chi connectivity index (χ1) is 6.72. The maximum atomic E-state index is 5.44. The Kier molecular flexibility index (Phi) is 4.12. The van der Waals surface area contributed by atoms with Crippen molar-refractivity contribution in [1.29, 1.82) is 0 Å². The van der Waals surface area contributed by atoms with Gasteiger partial charge in [-0.2, -0.15) is 4.98 Å². The summed E-state index contributed by atoms with van der Waals surface area (Å²) in [5.74, 6) is 0.691. The zero-order valence-electron chi connectivity index (χ0n) is 8.43. The zero-order valence-corrected chi connectivity index (χ0v) is 8.43. The van der Waals surface area contributed by atoms with Crippen LogP contribution < -0.4 is 10.5 Å². The van der Waals surface area contributed by atoms with Crippen molar-refractivity contribution < 1.29 is 9.47 Å². The molecule has 0 aliphatic rings. The summed E-state index contributed by atoms with van der Waals surface area (Å²) in [6.07, 6.45) is 1.52. The first-order valence-corrected chi connectivity index (χ1v) is 4.55. The molecule has 0 saturated carbocycles. The number of rotatable bonds is 5. The van der Waals surface area contributed by atoms with Crippen LogP contribution in [0.1, 0.15) is 13.8 Å². The summed E-state index contributed by atoms with van der Waals surface area (Å²) in [6, 6.07) is 1.67. The van der Waals surface area contributed by atoms with Crippen molar-refractivity contribution in [2.75, 3.05) is 18.9 Å². The van der Waals surface area contributed by atoms with Crippen molar-refractivity contribution in [3.63, 3.8) is 0 Å². The van der Waals surface area contributed by atoms with Crippen molar-refractivity contribution in [2.45, 2.75) is 20.0 Å². The van der Waals surface area contributed by atoms with Gasteiger partial charge in [0, 0.05) is 18.9 Å². The molecular formula is C9H15N3O2. The Labute approximate surface area is 83.3 Å². The topological polar surface area (TPSA) is 70.3 Å². The molecule has 1 aromatic heterocycles. The Morgan fingerprint density at radius 3 is 3.00 bits per heavy atom. The Balaban J connectivity index is 2.43. The van der Waals surface area contributed by atoms with Crippen LogP contribution in [0.2, 0.25) is 0 Å². The van der Waals surface area contributed by atoms with Gasteiger partial charge in [-0.3, -0.25) is 0 Å². The molecule has 0 bridgehead atoms. The number of ether oxygens (including phenoxy) is 2. The monoisotopic (exact) mass is 197 g/mol. The Morgan fingerprint density at radius 2 is 2.36 bits per heavy atom. The smallest absolute Gasteiger partial charge is 0.223 e. The quantitative estimate of drug-likeness (QED) is 0.758. The molecular weight excluding hydrogens is 182 g/mol. The van der Waals surface area contributed by atoms with E-state index in [0.717, 1.165) is 0 Å². The van der Waals surface area contributed by atoms with Crippen molar-refractivity contribution in [3.8, 4) is 5.88 Å². The second-order valence-electron chi connectivity index (χ2n) is 2.84. The number of aromatic nitrogens is 2. The largest absolute Gasteiger partial charge is 0.472 e. The number of nitrogens with zero attached hydrogens (tertiary/aromatic N) is 2. The van der Waals surface area contributed by atoms with E-state index >= 15 is 0 Å². The van der Waals surface area contributed by atoms with Crippen molar-refractivity contribution in [3.05, 3.63) is 12.3 Å². The summed E-state index contributed by atoms with van der Waals surface area (Å²) in [5, 5.41) is 0. The molecule has 5 heteroatoms. The molecule has 0 aliphatic heterocycles. The standard InChI is InChI=1S/C9H15N3O2/c1-3-13-6-7(2)14-8-4-5-11-9(10)12-8/h4-5,7H,3,6H2,1-2H3,(H2,10,11,12). The van der Waals surface area contributed by atoms with Crippen LogP contribution in [-0.2, 0) is 4.74 Å². The molecule has 1 heterocycles. The number of anilines is 1. The fourth-order valence-corrected chi connectivity index (χ4v) is 0.946. The lowest BCUT2D eigenvalue weighted by atomic mass is 10.4. The lowest BCUT2D eigenvalue weighted by molar-refractivity contribution is 0.0634. The first-order valence-electron chi connectivity index (χ1n) is 4.55. The van der Waals surface area contributed by atoms with Crippen molar-refractivity contribution in [1.82, 2.24) is 9.97 Å². The van der Waals surface area contributed by atoms with Crippen LogP contribution >= 0.6 is 0 Å². The number of nitrogens with two attached hydrogens (primary N) is 1. The molecule has 0 amide bonds. The Hall–Kier alpha value is -1.36. The van der Waals surface area contributed by atoms with Gasteiger partial charge in [0.15, 0.2) is 0 Å². The SMILES string of the molecule is CCOCC(C)Oc1ccnc(N)n1. The maximum absolute atomic E-state index is 5.44. The highest BCUT2D eigenvalue weighted by Crippen LogP contribution is 2.08. The minimum Gasteiger partial charge on any atom is -0.472 e. The average Bonchev–Trinajstić information content (AvgIpc) is 2.15. The van der Waals surface area contributed by atoms with Gasteiger partial charge in [-0.1, -0.05) is 0 Å². The Morgan fingerprint density at radius 1 is 1.57 bits per heavy atom. The molecule has 2 N–H and O–H groups in total. The highest BCUT2D eigenvalue weighted by atomic mass is 16.5. The van der Waals surface area contributed by atoms with E-state index in [4.69, 9.17) is 15.2 Å². The van der Waals surface area contributed by atoms with Crippen LogP contribution in [0.3, 0.4) is 0 Å². The van der Waals surface area contributed by atoms with Crippen LogP contribution in [0.15, 0.2) is 12.3 Å². The molecule has 1 unspecified atom stereocenters. The van der Waals surface area contributed by atoms with E-state index < -0.39 is 0 Å². The van der Waals surface area contributed by atoms with E-state index in [0.29, 0.717) is 19.1 Å². The lowest BCUT2D eigenvalue weighted by Gasteiger charge is -2.13. The van der Waals surface area contributed by atoms with Crippen LogP contribution in [0.25, 0.3) is 0 Å². The van der Waals surface area contributed by atoms with Gasteiger partial charge in [0.05, 0.1) is 6.61 Å². The minimum absolute atomic E-state index is 0.0377. The van der Waals surface area contributed by atoms with E-state index in [1.165, 1.54) is 0 Å². The van der Waals surface area contributed by atoms with Gasteiger partial charge in [-0.05, 0) is 13.8 Å². The molecule has 0 aliphatic carbocycles. The van der Waals surface area contributed by atoms with Crippen molar-refractivity contribution >= 4 is 5.95 Å². The van der Waals surface area contributed by atoms with E-state index in [1.807, 2.05) is 13.8 Å². The van der Waals surface area contributed by atoms with E-state index in [9.17, 15) is 0 Å². The number of nitrogen functional groups attached to an aromatic ring is 1. The maximum Gasteiger partial charge on any atom is 0.223 e. The molecule has 14 heavy (non-hydrogen) atoms. The molecule has 78 valence electrons. The fourth-order valence-electron chi connectivity index (χ4n) is 0.946. The van der Waals surface area contributed by atoms with Gasteiger partial charge in [0.25, 0.3) is 0 Å². The van der Waals surface area contributed by atoms with Crippen LogP contribution in [0.5, 0.6) is 5.88 Å². The molecule has 1 rings (SSSR count). The van der Waals surface area contributed by atoms with Crippen LogP contribution in [0, 0.1) is 0 Å². The van der Waals surface area contributed by atoms with E-state index in [-0.39, 0.29) is 12.1 Å². The predicted octanol–water partition coefficient (Wildman–Crippen LogP) is 0.863. The average molecular weight is 197 g/mol. The Bertz CT molecular complexity index is 281. The van der Waals surface area contributed by atoms with Gasteiger partial charge in [0.2, 0.25) is 11.8 Å². The second kappa shape index (κ2) is 5.39. The first kappa shape index (κ1) is 10.7. The molecule has 1 aromatic rings. The zero-order chi connectivity index (χ0) is 10.4. The minimum atomic E-state index is -0.0377. The molecule has 0 fully saturated rings. The fraction of sp³-hybridized carbons (Fsp3) is 0.556. The van der Waals surface area contributed by atoms with E-state index in [1.54, 1.807) is 12.3 Å². The predicted molar refractivity (Wildman–Crippen MR) is 53.0 cm³/mol. The molecule has 0 radical (unpaired) electrons. The normalized spacial score (nSPS) is 12.4. The molecule has 0 aromatic carbocycles. The third kappa shape index (κ3) is 3.57. The van der Waals surface area contributed by atoms with Crippen molar-refractivity contribution in [2.24, 2.45) is 0 Å². The summed E-state index contributed by atoms with van der Waals surface area (Å²) < 4.78 is 10.6. The third-order valence-electron chi connectivity index (χ3n) is 1.53. The van der Waals surface area contributed by atoms with Gasteiger partial charge in [0.1, 0.15) is 6.10 Å². The summed E-state index contributed by atoms with van der Waals surface area (Å²) in [7, 11) is 0. The summed E-state index contributed by atoms with van der Waals surface area (Å²) in [4.78, 5) is 7.67.